The molecule has 1 rings (SSSR count). The van der Waals surface area contributed by atoms with Crippen LogP contribution in [-0.2, 0) is 16.6 Å². The summed E-state index contributed by atoms with van der Waals surface area (Å²) in [4.78, 5) is 5.90. The number of nitrogens with zero attached hydrogens (tertiary/aromatic N) is 2. The monoisotopic (exact) mass is 400 g/mol. The van der Waals surface area contributed by atoms with Gasteiger partial charge in [0.15, 0.2) is 5.96 Å². The van der Waals surface area contributed by atoms with Crippen LogP contribution in [0.4, 0.5) is 0 Å². The van der Waals surface area contributed by atoms with Crippen LogP contribution in [0.25, 0.3) is 0 Å². The Morgan fingerprint density at radius 3 is 2.58 bits per heavy atom. The topological polar surface area (TPSA) is 73.8 Å². The Morgan fingerprint density at radius 2 is 2.00 bits per heavy atom. The highest BCUT2D eigenvalue weighted by Crippen LogP contribution is 2.22. The minimum atomic E-state index is -3.13. The summed E-state index contributed by atoms with van der Waals surface area (Å²) in [5.41, 5.74) is 2.45. The zero-order chi connectivity index (χ0) is 19.6. The van der Waals surface area contributed by atoms with Gasteiger partial charge in [-0.2, -0.15) is 0 Å². The molecule has 0 atom stereocenters. The molecule has 0 amide bonds. The van der Waals surface area contributed by atoms with Gasteiger partial charge in [-0.25, -0.2) is 17.7 Å². The van der Waals surface area contributed by atoms with Crippen LogP contribution in [0.1, 0.15) is 31.4 Å². The van der Waals surface area contributed by atoms with Gasteiger partial charge in [0.25, 0.3) is 0 Å². The van der Waals surface area contributed by atoms with Gasteiger partial charge in [0, 0.05) is 31.1 Å². The number of guanidine groups is 1. The Kier molecular flexibility index (Phi) is 10.0. The standard InChI is InChI=1S/C18H32N4O2S2/c1-6-19-18(20-11-8-12-22(7-2)26(5,23)24)21-14-16-10-9-15(3)13-17(16)25-4/h9-10,13H,6-8,11-12,14H2,1-5H3,(H2,19,20,21). The van der Waals surface area contributed by atoms with Crippen LogP contribution < -0.4 is 10.6 Å². The zero-order valence-corrected chi connectivity index (χ0v) is 18.1. The fourth-order valence-electron chi connectivity index (χ4n) is 2.51. The maximum absolute atomic E-state index is 11.6. The molecule has 1 aromatic rings. The van der Waals surface area contributed by atoms with Gasteiger partial charge in [-0.1, -0.05) is 19.1 Å². The maximum atomic E-state index is 11.6. The van der Waals surface area contributed by atoms with Crippen molar-refractivity contribution in [3.63, 3.8) is 0 Å². The van der Waals surface area contributed by atoms with E-state index in [2.05, 4.69) is 47.0 Å². The van der Waals surface area contributed by atoms with Gasteiger partial charge in [-0.15, -0.1) is 11.8 Å². The molecule has 0 aliphatic rings. The quantitative estimate of drug-likeness (QED) is 0.273. The van der Waals surface area contributed by atoms with Gasteiger partial charge in [-0.3, -0.25) is 0 Å². The van der Waals surface area contributed by atoms with E-state index >= 15 is 0 Å². The number of rotatable bonds is 10. The normalized spacial score (nSPS) is 12.5. The summed E-state index contributed by atoms with van der Waals surface area (Å²) >= 11 is 1.73. The van der Waals surface area contributed by atoms with E-state index in [1.54, 1.807) is 11.8 Å². The van der Waals surface area contributed by atoms with E-state index < -0.39 is 10.0 Å². The fraction of sp³-hybridized carbons (Fsp3) is 0.611. The third-order valence-corrected chi connectivity index (χ3v) is 6.09. The molecule has 0 radical (unpaired) electrons. The summed E-state index contributed by atoms with van der Waals surface area (Å²) in [6.07, 6.45) is 4.05. The Bertz CT molecular complexity index is 690. The SMILES string of the molecule is CCNC(=NCc1ccc(C)cc1SC)NCCCN(CC)S(C)(=O)=O. The molecule has 6 nitrogen and oxygen atoms in total. The van der Waals surface area contributed by atoms with Crippen molar-refractivity contribution in [2.24, 2.45) is 4.99 Å². The number of hydrogen-bond acceptors (Lipinski definition) is 4. The molecule has 0 saturated heterocycles. The van der Waals surface area contributed by atoms with Crippen LogP contribution in [0.2, 0.25) is 0 Å². The minimum absolute atomic E-state index is 0.498. The molecule has 26 heavy (non-hydrogen) atoms. The molecule has 148 valence electrons. The number of hydrogen-bond donors (Lipinski definition) is 2. The second-order valence-corrected chi connectivity index (χ2v) is 8.88. The Labute approximate surface area is 162 Å². The summed E-state index contributed by atoms with van der Waals surface area (Å²) in [6, 6.07) is 6.41. The van der Waals surface area contributed by atoms with E-state index in [9.17, 15) is 8.42 Å². The summed E-state index contributed by atoms with van der Waals surface area (Å²) in [5, 5.41) is 6.52. The molecule has 0 aliphatic carbocycles. The Morgan fingerprint density at radius 1 is 1.27 bits per heavy atom. The Balaban J connectivity index is 2.62. The lowest BCUT2D eigenvalue weighted by atomic mass is 10.1. The van der Waals surface area contributed by atoms with E-state index in [4.69, 9.17) is 0 Å². The molecule has 0 saturated carbocycles. The van der Waals surface area contributed by atoms with Crippen LogP contribution in [0, 0.1) is 6.92 Å². The van der Waals surface area contributed by atoms with Gasteiger partial charge in [-0.05, 0) is 43.7 Å². The van der Waals surface area contributed by atoms with Crippen molar-refractivity contribution in [1.29, 1.82) is 0 Å². The first-order valence-electron chi connectivity index (χ1n) is 8.92. The molecule has 0 unspecified atom stereocenters. The average molecular weight is 401 g/mol. The third kappa shape index (κ3) is 7.97. The lowest BCUT2D eigenvalue weighted by Gasteiger charge is -2.18. The van der Waals surface area contributed by atoms with Gasteiger partial charge >= 0.3 is 0 Å². The van der Waals surface area contributed by atoms with Crippen LogP contribution in [0.15, 0.2) is 28.1 Å². The summed E-state index contributed by atoms with van der Waals surface area (Å²) in [7, 11) is -3.13. The largest absolute Gasteiger partial charge is 0.357 e. The van der Waals surface area contributed by atoms with E-state index in [0.29, 0.717) is 26.2 Å². The second kappa shape index (κ2) is 11.5. The number of thioether (sulfide) groups is 1. The van der Waals surface area contributed by atoms with Crippen LogP contribution >= 0.6 is 11.8 Å². The number of nitrogens with one attached hydrogen (secondary N) is 2. The number of benzene rings is 1. The highest BCUT2D eigenvalue weighted by molar-refractivity contribution is 7.98. The summed E-state index contributed by atoms with van der Waals surface area (Å²) in [5.74, 6) is 0.752. The first-order chi connectivity index (χ1) is 12.3. The van der Waals surface area contributed by atoms with Crippen molar-refractivity contribution < 1.29 is 8.42 Å². The Hall–Kier alpha value is -1.25. The fourth-order valence-corrected chi connectivity index (χ4v) is 4.14. The maximum Gasteiger partial charge on any atom is 0.211 e. The molecule has 1 aromatic carbocycles. The van der Waals surface area contributed by atoms with Crippen molar-refractivity contribution >= 4 is 27.7 Å². The highest BCUT2D eigenvalue weighted by atomic mass is 32.2. The molecule has 0 aliphatic heterocycles. The number of aryl methyl sites for hydroxylation is 1. The van der Waals surface area contributed by atoms with E-state index in [1.807, 2.05) is 13.8 Å². The smallest absolute Gasteiger partial charge is 0.211 e. The molecule has 0 bridgehead atoms. The molecule has 0 fully saturated rings. The average Bonchev–Trinajstić information content (AvgIpc) is 2.58. The lowest BCUT2D eigenvalue weighted by Crippen LogP contribution is -2.39. The second-order valence-electron chi connectivity index (χ2n) is 6.05. The van der Waals surface area contributed by atoms with Crippen LogP contribution in [-0.4, -0.2) is 57.4 Å². The van der Waals surface area contributed by atoms with Gasteiger partial charge in [0.2, 0.25) is 10.0 Å². The van der Waals surface area contributed by atoms with Crippen molar-refractivity contribution in [2.75, 3.05) is 38.7 Å². The third-order valence-electron chi connectivity index (χ3n) is 3.89. The van der Waals surface area contributed by atoms with Crippen LogP contribution in [0.5, 0.6) is 0 Å². The number of aliphatic imine (C=N–C) groups is 1. The highest BCUT2D eigenvalue weighted by Gasteiger charge is 2.13. The predicted molar refractivity (Wildman–Crippen MR) is 112 cm³/mol. The number of sulfonamides is 1. The van der Waals surface area contributed by atoms with Crippen molar-refractivity contribution in [1.82, 2.24) is 14.9 Å². The minimum Gasteiger partial charge on any atom is -0.357 e. The molecule has 0 aromatic heterocycles. The lowest BCUT2D eigenvalue weighted by molar-refractivity contribution is 0.424. The zero-order valence-electron chi connectivity index (χ0n) is 16.5. The molecular formula is C18H32N4O2S2. The first kappa shape index (κ1) is 22.8. The predicted octanol–water partition coefficient (Wildman–Crippen LogP) is 2.44. The molecule has 0 heterocycles. The summed E-state index contributed by atoms with van der Waals surface area (Å²) in [6.45, 7) is 9.03. The van der Waals surface area contributed by atoms with Gasteiger partial charge in [0.05, 0.1) is 12.8 Å². The van der Waals surface area contributed by atoms with Crippen LogP contribution in [0.3, 0.4) is 0 Å². The molecule has 2 N–H and O–H groups in total. The van der Waals surface area contributed by atoms with E-state index in [1.165, 1.54) is 26.6 Å². The summed E-state index contributed by atoms with van der Waals surface area (Å²) < 4.78 is 24.7. The van der Waals surface area contributed by atoms with Crippen molar-refractivity contribution in [3.05, 3.63) is 29.3 Å². The van der Waals surface area contributed by atoms with E-state index in [-0.39, 0.29) is 0 Å². The first-order valence-corrected chi connectivity index (χ1v) is 12.0. The van der Waals surface area contributed by atoms with E-state index in [0.717, 1.165) is 18.9 Å². The van der Waals surface area contributed by atoms with Crippen molar-refractivity contribution in [3.8, 4) is 0 Å². The van der Waals surface area contributed by atoms with Crippen molar-refractivity contribution in [2.45, 2.75) is 38.6 Å². The van der Waals surface area contributed by atoms with Gasteiger partial charge in [0.1, 0.15) is 0 Å². The molecule has 0 spiro atoms. The van der Waals surface area contributed by atoms with Gasteiger partial charge < -0.3 is 10.6 Å². The molecular weight excluding hydrogens is 368 g/mol. The molecule has 8 heteroatoms.